The summed E-state index contributed by atoms with van der Waals surface area (Å²) in [6, 6.07) is 6.98. The number of nitrogens with zero attached hydrogens (tertiary/aromatic N) is 1. The quantitative estimate of drug-likeness (QED) is 0.577. The standard InChI is InChI=1S/C18H11F5N2O3S/c19-11-5-6-13(16(20)15(11)17(24)26)27-7-14-25-12(8-29-14)9-1-3-10(4-2-9)28-18(21,22)23/h1-6,8H,7H2,(H2,24,26). The number of nitrogens with two attached hydrogens (primary N) is 1. The molecule has 0 aliphatic heterocycles. The molecule has 3 aromatic rings. The number of rotatable bonds is 6. The first-order valence-electron chi connectivity index (χ1n) is 7.85. The van der Waals surface area contributed by atoms with E-state index in [0.717, 1.165) is 35.6 Å². The van der Waals surface area contributed by atoms with Gasteiger partial charge in [0.25, 0.3) is 5.91 Å². The number of primary amides is 1. The third-order valence-corrected chi connectivity index (χ3v) is 4.41. The SMILES string of the molecule is NC(=O)c1c(F)ccc(OCc2nc(-c3ccc(OC(F)(F)F)cc3)cs2)c1F. The predicted molar refractivity (Wildman–Crippen MR) is 93.4 cm³/mol. The summed E-state index contributed by atoms with van der Waals surface area (Å²) in [5, 5.41) is 2.05. The Morgan fingerprint density at radius 1 is 1.10 bits per heavy atom. The summed E-state index contributed by atoms with van der Waals surface area (Å²) >= 11 is 1.16. The summed E-state index contributed by atoms with van der Waals surface area (Å²) in [4.78, 5) is 15.4. The van der Waals surface area contributed by atoms with Crippen LogP contribution in [0.4, 0.5) is 22.0 Å². The summed E-state index contributed by atoms with van der Waals surface area (Å²) < 4.78 is 73.2. The van der Waals surface area contributed by atoms with E-state index in [-0.39, 0.29) is 18.1 Å². The molecule has 0 radical (unpaired) electrons. The van der Waals surface area contributed by atoms with Gasteiger partial charge in [0.05, 0.1) is 5.69 Å². The van der Waals surface area contributed by atoms with Crippen LogP contribution in [0.3, 0.4) is 0 Å². The normalized spacial score (nSPS) is 11.3. The van der Waals surface area contributed by atoms with Crippen molar-refractivity contribution >= 4 is 17.2 Å². The highest BCUT2D eigenvalue weighted by Crippen LogP contribution is 2.28. The second-order valence-corrected chi connectivity index (χ2v) is 6.53. The minimum Gasteiger partial charge on any atom is -0.483 e. The van der Waals surface area contributed by atoms with E-state index in [1.165, 1.54) is 12.1 Å². The Labute approximate surface area is 164 Å². The molecule has 0 saturated carbocycles. The average molecular weight is 430 g/mol. The number of halogens is 5. The van der Waals surface area contributed by atoms with Crippen LogP contribution in [0.15, 0.2) is 41.8 Å². The first-order valence-corrected chi connectivity index (χ1v) is 8.73. The summed E-state index contributed by atoms with van der Waals surface area (Å²) in [6.07, 6.45) is -4.78. The van der Waals surface area contributed by atoms with Gasteiger partial charge < -0.3 is 15.2 Å². The largest absolute Gasteiger partial charge is 0.573 e. The van der Waals surface area contributed by atoms with E-state index in [9.17, 15) is 26.7 Å². The van der Waals surface area contributed by atoms with Crippen LogP contribution in [0.1, 0.15) is 15.4 Å². The van der Waals surface area contributed by atoms with Gasteiger partial charge in [-0.25, -0.2) is 13.8 Å². The number of carbonyl (C=O) groups excluding carboxylic acids is 1. The Balaban J connectivity index is 1.70. The molecule has 152 valence electrons. The first-order chi connectivity index (χ1) is 13.6. The van der Waals surface area contributed by atoms with E-state index in [1.807, 2.05) is 0 Å². The van der Waals surface area contributed by atoms with Gasteiger partial charge in [-0.1, -0.05) is 0 Å². The topological polar surface area (TPSA) is 74.4 Å². The lowest BCUT2D eigenvalue weighted by atomic mass is 10.1. The lowest BCUT2D eigenvalue weighted by Crippen LogP contribution is -2.16. The zero-order valence-electron chi connectivity index (χ0n) is 14.3. The van der Waals surface area contributed by atoms with Crippen molar-refractivity contribution in [2.24, 2.45) is 5.73 Å². The van der Waals surface area contributed by atoms with E-state index in [4.69, 9.17) is 10.5 Å². The van der Waals surface area contributed by atoms with Crippen molar-refractivity contribution in [1.82, 2.24) is 4.98 Å². The molecular formula is C18H11F5N2O3S. The number of alkyl halides is 3. The number of carbonyl (C=O) groups is 1. The molecule has 0 aliphatic rings. The van der Waals surface area contributed by atoms with Crippen molar-refractivity contribution in [1.29, 1.82) is 0 Å². The van der Waals surface area contributed by atoms with Crippen molar-refractivity contribution in [3.63, 3.8) is 0 Å². The van der Waals surface area contributed by atoms with Crippen molar-refractivity contribution in [3.8, 4) is 22.8 Å². The highest BCUT2D eigenvalue weighted by molar-refractivity contribution is 7.09. The highest BCUT2D eigenvalue weighted by Gasteiger charge is 2.31. The van der Waals surface area contributed by atoms with Crippen LogP contribution in [-0.2, 0) is 6.61 Å². The Morgan fingerprint density at radius 2 is 1.79 bits per heavy atom. The Kier molecular flexibility index (Phi) is 5.69. The molecule has 5 nitrogen and oxygen atoms in total. The van der Waals surface area contributed by atoms with Crippen LogP contribution in [-0.4, -0.2) is 17.3 Å². The number of aromatic nitrogens is 1. The zero-order chi connectivity index (χ0) is 21.2. The van der Waals surface area contributed by atoms with Gasteiger partial charge >= 0.3 is 6.36 Å². The van der Waals surface area contributed by atoms with Gasteiger partial charge in [-0.15, -0.1) is 24.5 Å². The van der Waals surface area contributed by atoms with Gasteiger partial charge in [-0.2, -0.15) is 0 Å². The van der Waals surface area contributed by atoms with Gasteiger partial charge in [0.15, 0.2) is 11.6 Å². The maximum absolute atomic E-state index is 14.1. The van der Waals surface area contributed by atoms with Gasteiger partial charge in [0, 0.05) is 10.9 Å². The lowest BCUT2D eigenvalue weighted by Gasteiger charge is -2.09. The van der Waals surface area contributed by atoms with Crippen LogP contribution in [0.25, 0.3) is 11.3 Å². The molecule has 2 N–H and O–H groups in total. The minimum absolute atomic E-state index is 0.180. The van der Waals surface area contributed by atoms with E-state index in [1.54, 1.807) is 5.38 Å². The molecule has 1 amide bonds. The fraction of sp³-hybridized carbons (Fsp3) is 0.111. The van der Waals surface area contributed by atoms with Crippen molar-refractivity contribution < 1.29 is 36.2 Å². The van der Waals surface area contributed by atoms with E-state index < -0.39 is 29.5 Å². The third-order valence-electron chi connectivity index (χ3n) is 3.59. The van der Waals surface area contributed by atoms with Gasteiger partial charge in [0.2, 0.25) is 0 Å². The van der Waals surface area contributed by atoms with Crippen molar-refractivity contribution in [2.45, 2.75) is 13.0 Å². The number of ether oxygens (including phenoxy) is 2. The average Bonchev–Trinajstić information content (AvgIpc) is 3.09. The van der Waals surface area contributed by atoms with Crippen LogP contribution < -0.4 is 15.2 Å². The number of hydrogen-bond donors (Lipinski definition) is 1. The molecule has 2 aromatic carbocycles. The molecule has 0 fully saturated rings. The van der Waals surface area contributed by atoms with Crippen molar-refractivity contribution in [2.75, 3.05) is 0 Å². The number of thiazole rings is 1. The zero-order valence-corrected chi connectivity index (χ0v) is 15.1. The van der Waals surface area contributed by atoms with Crippen LogP contribution in [0, 0.1) is 11.6 Å². The molecule has 0 saturated heterocycles. The predicted octanol–water partition coefficient (Wildman–Crippen LogP) is 4.66. The fourth-order valence-corrected chi connectivity index (χ4v) is 3.06. The summed E-state index contributed by atoms with van der Waals surface area (Å²) in [5.74, 6) is -4.31. The maximum atomic E-state index is 14.1. The van der Waals surface area contributed by atoms with Crippen LogP contribution in [0.2, 0.25) is 0 Å². The van der Waals surface area contributed by atoms with E-state index in [0.29, 0.717) is 16.3 Å². The number of benzene rings is 2. The molecule has 0 unspecified atom stereocenters. The van der Waals surface area contributed by atoms with Crippen molar-refractivity contribution in [3.05, 3.63) is 64.0 Å². The monoisotopic (exact) mass is 430 g/mol. The molecule has 11 heteroatoms. The fourth-order valence-electron chi connectivity index (χ4n) is 2.35. The molecule has 0 bridgehead atoms. The first kappa shape index (κ1) is 20.5. The molecule has 0 atom stereocenters. The van der Waals surface area contributed by atoms with Crippen LogP contribution in [0.5, 0.6) is 11.5 Å². The van der Waals surface area contributed by atoms with Crippen LogP contribution >= 0.6 is 11.3 Å². The third kappa shape index (κ3) is 4.99. The second-order valence-electron chi connectivity index (χ2n) is 5.59. The molecule has 29 heavy (non-hydrogen) atoms. The van der Waals surface area contributed by atoms with E-state index in [2.05, 4.69) is 9.72 Å². The summed E-state index contributed by atoms with van der Waals surface area (Å²) in [6.45, 7) is -0.180. The summed E-state index contributed by atoms with van der Waals surface area (Å²) in [7, 11) is 0. The minimum atomic E-state index is -4.78. The Bertz CT molecular complexity index is 1030. The van der Waals surface area contributed by atoms with Gasteiger partial charge in [-0.3, -0.25) is 4.79 Å². The van der Waals surface area contributed by atoms with Gasteiger partial charge in [-0.05, 0) is 36.4 Å². The summed E-state index contributed by atoms with van der Waals surface area (Å²) in [5.41, 5.74) is 5.04. The van der Waals surface area contributed by atoms with E-state index >= 15 is 0 Å². The maximum Gasteiger partial charge on any atom is 0.573 e. The molecule has 1 aromatic heterocycles. The molecule has 0 aliphatic carbocycles. The Morgan fingerprint density at radius 3 is 2.41 bits per heavy atom. The Hall–Kier alpha value is -3.21. The lowest BCUT2D eigenvalue weighted by molar-refractivity contribution is -0.274. The second kappa shape index (κ2) is 8.03. The highest BCUT2D eigenvalue weighted by atomic mass is 32.1. The molecule has 3 rings (SSSR count). The number of amides is 1. The molecule has 0 spiro atoms. The number of hydrogen-bond acceptors (Lipinski definition) is 5. The molecular weight excluding hydrogens is 419 g/mol. The van der Waals surface area contributed by atoms with Gasteiger partial charge in [0.1, 0.15) is 28.7 Å². The molecule has 1 heterocycles. The smallest absolute Gasteiger partial charge is 0.483 e.